The molecule has 0 bridgehead atoms. The van der Waals surface area contributed by atoms with Crippen LogP contribution >= 0.6 is 0 Å². The molecule has 0 radical (unpaired) electrons. The molecule has 1 atom stereocenters. The highest BCUT2D eigenvalue weighted by Crippen LogP contribution is 2.41. The molecule has 2 aliphatic heterocycles. The van der Waals surface area contributed by atoms with Gasteiger partial charge in [0.2, 0.25) is 0 Å². The van der Waals surface area contributed by atoms with Gasteiger partial charge in [0.25, 0.3) is 5.91 Å². The molecule has 1 amide bonds. The van der Waals surface area contributed by atoms with Gasteiger partial charge in [0, 0.05) is 53.9 Å². The maximum atomic E-state index is 13.2. The Morgan fingerprint density at radius 3 is 2.94 bits per heavy atom. The van der Waals surface area contributed by atoms with Crippen molar-refractivity contribution in [2.24, 2.45) is 0 Å². The van der Waals surface area contributed by atoms with Crippen molar-refractivity contribution in [3.63, 3.8) is 0 Å². The zero-order valence-electron chi connectivity index (χ0n) is 18.9. The van der Waals surface area contributed by atoms with Crippen molar-refractivity contribution in [2.45, 2.75) is 43.7 Å². The Balaban J connectivity index is 1.39. The summed E-state index contributed by atoms with van der Waals surface area (Å²) < 4.78 is 8.03. The van der Waals surface area contributed by atoms with Gasteiger partial charge in [-0.15, -0.1) is 0 Å². The van der Waals surface area contributed by atoms with Crippen LogP contribution in [0.1, 0.15) is 32.1 Å². The van der Waals surface area contributed by atoms with Crippen molar-refractivity contribution in [1.82, 2.24) is 24.4 Å². The maximum Gasteiger partial charge on any atom is 0.251 e. The minimum Gasteiger partial charge on any atom is -0.368 e. The van der Waals surface area contributed by atoms with E-state index in [1.165, 1.54) is 0 Å². The van der Waals surface area contributed by atoms with Gasteiger partial charge in [0.05, 0.1) is 23.7 Å². The lowest BCUT2D eigenvalue weighted by atomic mass is 9.85. The molecule has 0 aliphatic carbocycles. The lowest BCUT2D eigenvalue weighted by Gasteiger charge is -2.51. The van der Waals surface area contributed by atoms with Crippen LogP contribution in [0.15, 0.2) is 49.1 Å². The summed E-state index contributed by atoms with van der Waals surface area (Å²) in [7, 11) is 0. The van der Waals surface area contributed by atoms with Crippen LogP contribution in [-0.4, -0.2) is 56.1 Å². The van der Waals surface area contributed by atoms with Gasteiger partial charge in [-0.3, -0.25) is 4.79 Å². The number of aromatic amines is 1. The number of ether oxygens (including phenoxy) is 1. The summed E-state index contributed by atoms with van der Waals surface area (Å²) in [6.45, 7) is 1.65. The van der Waals surface area contributed by atoms with E-state index in [1.807, 2.05) is 29.3 Å². The molecular formula is C26H26N6O2. The van der Waals surface area contributed by atoms with Gasteiger partial charge in [-0.25, -0.2) is 9.97 Å². The molecule has 6 rings (SSSR count). The van der Waals surface area contributed by atoms with Crippen LogP contribution < -0.4 is 0 Å². The molecule has 8 heteroatoms. The fourth-order valence-electron chi connectivity index (χ4n) is 5.48. The molecular weight excluding hydrogens is 428 g/mol. The Morgan fingerprint density at radius 2 is 2.06 bits per heavy atom. The summed E-state index contributed by atoms with van der Waals surface area (Å²) in [4.78, 5) is 27.1. The first-order chi connectivity index (χ1) is 16.7. The van der Waals surface area contributed by atoms with Crippen LogP contribution in [0.25, 0.3) is 33.2 Å². The number of amides is 1. The monoisotopic (exact) mass is 454 g/mol. The molecule has 5 heterocycles. The van der Waals surface area contributed by atoms with Crippen molar-refractivity contribution in [1.29, 1.82) is 5.26 Å². The number of H-pyrrole nitrogens is 1. The minimum absolute atomic E-state index is 0.0528. The first kappa shape index (κ1) is 20.9. The van der Waals surface area contributed by atoms with E-state index in [0.717, 1.165) is 58.9 Å². The standard InChI is InChI=1S/C26H26N6O2/c27-11-10-26(15-31(16-26)25(33)22-8-2-1-5-13-34-22)32-14-20(18-6-3-4-7-21(18)32)23-19-9-12-28-24(19)30-17-29-23/h3-4,6-7,9,12,14,17,22H,1-2,5,8,10,13,15-16H2,(H,28,29,30). The van der Waals surface area contributed by atoms with Crippen molar-refractivity contribution in [3.05, 3.63) is 49.1 Å². The van der Waals surface area contributed by atoms with Crippen LogP contribution in [0.4, 0.5) is 0 Å². The number of carbonyl (C=O) groups excluding carboxylic acids is 1. The highest BCUT2D eigenvalue weighted by atomic mass is 16.5. The number of nitriles is 1. The van der Waals surface area contributed by atoms with Crippen LogP contribution in [-0.2, 0) is 15.1 Å². The molecule has 2 aliphatic rings. The Hall–Kier alpha value is -3.70. The predicted molar refractivity (Wildman–Crippen MR) is 128 cm³/mol. The van der Waals surface area contributed by atoms with Crippen LogP contribution in [0.5, 0.6) is 0 Å². The summed E-state index contributed by atoms with van der Waals surface area (Å²) >= 11 is 0. The Kier molecular flexibility index (Phi) is 5.07. The Bertz CT molecular complexity index is 1400. The second-order valence-corrected chi connectivity index (χ2v) is 9.35. The lowest BCUT2D eigenvalue weighted by Crippen LogP contribution is -2.65. The third-order valence-corrected chi connectivity index (χ3v) is 7.23. The minimum atomic E-state index is -0.475. The molecule has 1 unspecified atom stereocenters. The topological polar surface area (TPSA) is 99.8 Å². The molecule has 0 spiro atoms. The van der Waals surface area contributed by atoms with E-state index in [9.17, 15) is 10.1 Å². The van der Waals surface area contributed by atoms with Crippen molar-refractivity contribution in [2.75, 3.05) is 19.7 Å². The fraction of sp³-hybridized carbons (Fsp3) is 0.385. The number of rotatable bonds is 4. The summed E-state index contributed by atoms with van der Waals surface area (Å²) in [6.07, 6.45) is 9.41. The number of hydrogen-bond donors (Lipinski definition) is 1. The van der Waals surface area contributed by atoms with Gasteiger partial charge >= 0.3 is 0 Å². The van der Waals surface area contributed by atoms with Crippen LogP contribution in [0.3, 0.4) is 0 Å². The molecule has 172 valence electrons. The average molecular weight is 455 g/mol. The van der Waals surface area contributed by atoms with E-state index >= 15 is 0 Å². The van der Waals surface area contributed by atoms with Crippen LogP contribution in [0.2, 0.25) is 0 Å². The van der Waals surface area contributed by atoms with Gasteiger partial charge < -0.3 is 19.2 Å². The summed E-state index contributed by atoms with van der Waals surface area (Å²) in [5.74, 6) is 0.0528. The van der Waals surface area contributed by atoms with Crippen molar-refractivity contribution in [3.8, 4) is 17.3 Å². The number of benzene rings is 1. The number of hydrogen-bond acceptors (Lipinski definition) is 5. The van der Waals surface area contributed by atoms with E-state index in [0.29, 0.717) is 26.1 Å². The number of likely N-dealkylation sites (tertiary alicyclic amines) is 1. The van der Waals surface area contributed by atoms with E-state index < -0.39 is 5.54 Å². The highest BCUT2D eigenvalue weighted by molar-refractivity contribution is 6.02. The molecule has 4 aromatic rings. The quantitative estimate of drug-likeness (QED) is 0.503. The number of carbonyl (C=O) groups is 1. The summed E-state index contributed by atoms with van der Waals surface area (Å²) in [6, 6.07) is 12.5. The molecule has 1 aromatic carbocycles. The fourth-order valence-corrected chi connectivity index (χ4v) is 5.48. The third-order valence-electron chi connectivity index (χ3n) is 7.23. The lowest BCUT2D eigenvalue weighted by molar-refractivity contribution is -0.154. The van der Waals surface area contributed by atoms with Gasteiger partial charge in [-0.2, -0.15) is 5.26 Å². The van der Waals surface area contributed by atoms with Gasteiger partial charge in [-0.05, 0) is 25.0 Å². The second kappa shape index (κ2) is 8.26. The van der Waals surface area contributed by atoms with Gasteiger partial charge in [0.15, 0.2) is 0 Å². The van der Waals surface area contributed by atoms with E-state index in [1.54, 1.807) is 6.33 Å². The van der Waals surface area contributed by atoms with E-state index in [4.69, 9.17) is 4.74 Å². The average Bonchev–Trinajstić information content (AvgIpc) is 3.37. The number of fused-ring (bicyclic) bond motifs is 2. The first-order valence-corrected chi connectivity index (χ1v) is 11.9. The second-order valence-electron chi connectivity index (χ2n) is 9.35. The van der Waals surface area contributed by atoms with Crippen molar-refractivity contribution >= 4 is 27.8 Å². The van der Waals surface area contributed by atoms with Gasteiger partial charge in [0.1, 0.15) is 18.1 Å². The Morgan fingerprint density at radius 1 is 1.18 bits per heavy atom. The summed E-state index contributed by atoms with van der Waals surface area (Å²) in [5.41, 5.74) is 3.20. The normalized spacial score (nSPS) is 20.1. The number of aromatic nitrogens is 4. The third kappa shape index (κ3) is 3.27. The molecule has 1 N–H and O–H groups in total. The smallest absolute Gasteiger partial charge is 0.251 e. The predicted octanol–water partition coefficient (Wildman–Crippen LogP) is 3.99. The maximum absolute atomic E-state index is 13.2. The van der Waals surface area contributed by atoms with E-state index in [-0.39, 0.29) is 12.0 Å². The molecule has 0 saturated carbocycles. The molecule has 2 fully saturated rings. The zero-order chi connectivity index (χ0) is 23.1. The molecule has 8 nitrogen and oxygen atoms in total. The molecule has 3 aromatic heterocycles. The molecule has 2 saturated heterocycles. The Labute approximate surface area is 197 Å². The number of nitrogens with zero attached hydrogens (tertiary/aromatic N) is 5. The number of nitrogens with one attached hydrogen (secondary N) is 1. The zero-order valence-corrected chi connectivity index (χ0v) is 18.9. The first-order valence-electron chi connectivity index (χ1n) is 11.9. The summed E-state index contributed by atoms with van der Waals surface area (Å²) in [5, 5.41) is 11.8. The van der Waals surface area contributed by atoms with Gasteiger partial charge in [-0.1, -0.05) is 31.0 Å². The van der Waals surface area contributed by atoms with Crippen LogP contribution in [0, 0.1) is 11.3 Å². The van der Waals surface area contributed by atoms with Crippen molar-refractivity contribution < 1.29 is 9.53 Å². The SMILES string of the molecule is N#CCC1(n2cc(-c3ncnc4[nH]ccc34)c3ccccc32)CN(C(=O)C2CCCCCO2)C1. The largest absolute Gasteiger partial charge is 0.368 e. The van der Waals surface area contributed by atoms with E-state index in [2.05, 4.69) is 43.9 Å². The number of para-hydroxylation sites is 1. The molecule has 34 heavy (non-hydrogen) atoms. The highest BCUT2D eigenvalue weighted by Gasteiger charge is 2.48.